The molecule has 2 N–H and O–H groups in total. The molecular weight excluding hydrogens is 428 g/mol. The molecule has 0 aliphatic heterocycles. The predicted molar refractivity (Wildman–Crippen MR) is 112 cm³/mol. The summed E-state index contributed by atoms with van der Waals surface area (Å²) in [6.45, 7) is 1.26. The molecule has 0 fully saturated rings. The van der Waals surface area contributed by atoms with Crippen molar-refractivity contribution in [1.82, 2.24) is 5.16 Å². The lowest BCUT2D eigenvalue weighted by molar-refractivity contribution is -0.144. The van der Waals surface area contributed by atoms with Crippen molar-refractivity contribution in [2.45, 2.75) is 32.6 Å². The number of hydrogen-bond donors (Lipinski definition) is 2. The molecule has 158 valence electrons. The van der Waals surface area contributed by atoms with Gasteiger partial charge in [-0.15, -0.1) is 23.1 Å². The molecule has 2 heterocycles. The number of anilines is 2. The van der Waals surface area contributed by atoms with Crippen LogP contribution in [0.1, 0.15) is 34.6 Å². The smallest absolute Gasteiger partial charge is 0.316 e. The summed E-state index contributed by atoms with van der Waals surface area (Å²) in [5, 5.41) is 18.8. The number of thioether (sulfide) groups is 1. The third kappa shape index (κ3) is 5.84. The highest BCUT2D eigenvalue weighted by molar-refractivity contribution is 8.00. The lowest BCUT2D eigenvalue weighted by Crippen LogP contribution is -2.22. The summed E-state index contributed by atoms with van der Waals surface area (Å²) in [6.07, 6.45) is 3.88. The van der Waals surface area contributed by atoms with E-state index in [2.05, 4.69) is 21.9 Å². The number of aromatic nitrogens is 1. The number of nitrogens with zero attached hydrogens (tertiary/aromatic N) is 2. The molecule has 1 aliphatic rings. The Bertz CT molecular complexity index is 992. The molecule has 2 aromatic rings. The van der Waals surface area contributed by atoms with Gasteiger partial charge in [-0.25, -0.2) is 0 Å². The minimum absolute atomic E-state index is 0.0273. The zero-order valence-corrected chi connectivity index (χ0v) is 17.9. The Hall–Kier alpha value is -2.84. The van der Waals surface area contributed by atoms with Crippen LogP contribution in [0.2, 0.25) is 0 Å². The van der Waals surface area contributed by atoms with Crippen molar-refractivity contribution in [2.24, 2.45) is 0 Å². The van der Waals surface area contributed by atoms with Crippen LogP contribution in [-0.4, -0.2) is 41.1 Å². The van der Waals surface area contributed by atoms with Crippen LogP contribution < -0.4 is 10.6 Å². The second-order valence-corrected chi connectivity index (χ2v) is 8.69. The van der Waals surface area contributed by atoms with Gasteiger partial charge in [0.1, 0.15) is 16.8 Å². The number of amides is 2. The molecular formula is C19H20N4O5S2. The van der Waals surface area contributed by atoms with Gasteiger partial charge in [0.25, 0.3) is 5.91 Å². The number of rotatable bonds is 8. The van der Waals surface area contributed by atoms with E-state index in [4.69, 9.17) is 9.26 Å². The van der Waals surface area contributed by atoms with Gasteiger partial charge in [-0.2, -0.15) is 5.26 Å². The van der Waals surface area contributed by atoms with Crippen molar-refractivity contribution in [3.8, 4) is 6.07 Å². The maximum atomic E-state index is 12.1. The summed E-state index contributed by atoms with van der Waals surface area (Å²) in [6, 6.07) is 3.75. The Balaban J connectivity index is 1.38. The number of fused-ring (bicyclic) bond motifs is 1. The van der Waals surface area contributed by atoms with Crippen molar-refractivity contribution in [3.63, 3.8) is 0 Å². The van der Waals surface area contributed by atoms with Crippen LogP contribution in [0.4, 0.5) is 10.8 Å². The van der Waals surface area contributed by atoms with E-state index in [1.807, 2.05) is 0 Å². The minimum atomic E-state index is -0.605. The molecule has 2 aromatic heterocycles. The van der Waals surface area contributed by atoms with Crippen LogP contribution in [0.15, 0.2) is 10.6 Å². The first kappa shape index (κ1) is 21.9. The average Bonchev–Trinajstić information content (AvgIpc) is 3.28. The van der Waals surface area contributed by atoms with Gasteiger partial charge in [0, 0.05) is 10.9 Å². The SMILES string of the molecule is Cc1cc(NC(=O)CSCC(=O)OCC(=O)Nc2sc3c(c2C#N)CCCC3)no1. The van der Waals surface area contributed by atoms with E-state index in [1.54, 1.807) is 13.0 Å². The van der Waals surface area contributed by atoms with Crippen LogP contribution in [0.5, 0.6) is 0 Å². The summed E-state index contributed by atoms with van der Waals surface area (Å²) in [4.78, 5) is 36.8. The van der Waals surface area contributed by atoms with Gasteiger partial charge >= 0.3 is 5.97 Å². The molecule has 0 bridgehead atoms. The highest BCUT2D eigenvalue weighted by Gasteiger charge is 2.22. The number of carbonyl (C=O) groups is 3. The Kier molecular flexibility index (Phi) is 7.48. The Morgan fingerprint density at radius 1 is 1.27 bits per heavy atom. The minimum Gasteiger partial charge on any atom is -0.455 e. The molecule has 1 aliphatic carbocycles. The Labute approximate surface area is 181 Å². The van der Waals surface area contributed by atoms with E-state index in [0.29, 0.717) is 22.1 Å². The van der Waals surface area contributed by atoms with Crippen molar-refractivity contribution >= 4 is 51.7 Å². The van der Waals surface area contributed by atoms with Crippen molar-refractivity contribution in [2.75, 3.05) is 28.7 Å². The molecule has 9 nitrogen and oxygen atoms in total. The standard InChI is InChI=1S/C19H20N4O5S2/c1-11-6-15(23-28-11)21-17(25)9-29-10-18(26)27-8-16(24)22-19-13(7-20)12-4-2-3-5-14(12)30-19/h6H,2-5,8-10H2,1H3,(H,22,24)(H,21,23,25). The first-order valence-corrected chi connectivity index (χ1v) is 11.2. The highest BCUT2D eigenvalue weighted by Crippen LogP contribution is 2.37. The predicted octanol–water partition coefficient (Wildman–Crippen LogP) is 2.65. The molecule has 0 atom stereocenters. The Morgan fingerprint density at radius 2 is 2.07 bits per heavy atom. The Morgan fingerprint density at radius 3 is 2.80 bits per heavy atom. The number of nitrogens with one attached hydrogen (secondary N) is 2. The van der Waals surface area contributed by atoms with Crippen molar-refractivity contribution in [1.29, 1.82) is 5.26 Å². The van der Waals surface area contributed by atoms with Gasteiger partial charge in [0.15, 0.2) is 12.4 Å². The number of thiophene rings is 1. The average molecular weight is 449 g/mol. The number of hydrogen-bond acceptors (Lipinski definition) is 9. The lowest BCUT2D eigenvalue weighted by Gasteiger charge is -2.09. The molecule has 30 heavy (non-hydrogen) atoms. The van der Waals surface area contributed by atoms with E-state index in [9.17, 15) is 19.6 Å². The monoisotopic (exact) mass is 448 g/mol. The fourth-order valence-electron chi connectivity index (χ4n) is 2.95. The number of carbonyl (C=O) groups excluding carboxylic acids is 3. The molecule has 0 spiro atoms. The lowest BCUT2D eigenvalue weighted by atomic mass is 9.96. The molecule has 0 aromatic carbocycles. The molecule has 3 rings (SSSR count). The fraction of sp³-hybridized carbons (Fsp3) is 0.421. The van der Waals surface area contributed by atoms with Crippen LogP contribution >= 0.6 is 23.1 Å². The second-order valence-electron chi connectivity index (χ2n) is 6.60. The largest absolute Gasteiger partial charge is 0.455 e. The maximum absolute atomic E-state index is 12.1. The maximum Gasteiger partial charge on any atom is 0.316 e. The van der Waals surface area contributed by atoms with Crippen LogP contribution in [0.25, 0.3) is 0 Å². The number of nitriles is 1. The summed E-state index contributed by atoms with van der Waals surface area (Å²) in [5.74, 6) is -0.596. The van der Waals surface area contributed by atoms with E-state index in [1.165, 1.54) is 11.3 Å². The molecule has 0 saturated carbocycles. The number of aryl methyl sites for hydroxylation is 2. The zero-order chi connectivity index (χ0) is 21.5. The summed E-state index contributed by atoms with van der Waals surface area (Å²) in [5.41, 5.74) is 1.54. The van der Waals surface area contributed by atoms with Crippen LogP contribution in [0, 0.1) is 18.3 Å². The molecule has 0 radical (unpaired) electrons. The third-order valence-corrected chi connectivity index (χ3v) is 6.36. The zero-order valence-electron chi connectivity index (χ0n) is 16.3. The van der Waals surface area contributed by atoms with E-state index in [0.717, 1.165) is 47.9 Å². The molecule has 2 amide bonds. The van der Waals surface area contributed by atoms with Gasteiger partial charge in [0.05, 0.1) is 17.1 Å². The number of esters is 1. The molecule has 0 unspecified atom stereocenters. The number of ether oxygens (including phenoxy) is 1. The van der Waals surface area contributed by atoms with Gasteiger partial charge in [0.2, 0.25) is 5.91 Å². The van der Waals surface area contributed by atoms with Crippen molar-refractivity contribution in [3.05, 3.63) is 27.8 Å². The summed E-state index contributed by atoms with van der Waals surface area (Å²) >= 11 is 2.47. The fourth-order valence-corrected chi connectivity index (χ4v) is 4.82. The van der Waals surface area contributed by atoms with Gasteiger partial charge in [-0.1, -0.05) is 5.16 Å². The molecule has 11 heteroatoms. The van der Waals surface area contributed by atoms with E-state index >= 15 is 0 Å². The quantitative estimate of drug-likeness (QED) is 0.589. The third-order valence-electron chi connectivity index (χ3n) is 4.25. The summed E-state index contributed by atoms with van der Waals surface area (Å²) in [7, 11) is 0. The van der Waals surface area contributed by atoms with Gasteiger partial charge in [-0.05, 0) is 38.2 Å². The second kappa shape index (κ2) is 10.3. The van der Waals surface area contributed by atoms with Crippen LogP contribution in [0.3, 0.4) is 0 Å². The highest BCUT2D eigenvalue weighted by atomic mass is 32.2. The van der Waals surface area contributed by atoms with Crippen molar-refractivity contribution < 1.29 is 23.6 Å². The normalized spacial score (nSPS) is 12.5. The van der Waals surface area contributed by atoms with Gasteiger partial charge in [-0.3, -0.25) is 14.4 Å². The van der Waals surface area contributed by atoms with E-state index in [-0.39, 0.29) is 17.4 Å². The topological polar surface area (TPSA) is 134 Å². The first-order valence-electron chi connectivity index (χ1n) is 9.27. The molecule has 0 saturated heterocycles. The first-order chi connectivity index (χ1) is 14.5. The van der Waals surface area contributed by atoms with Gasteiger partial charge < -0.3 is 19.9 Å². The van der Waals surface area contributed by atoms with Crippen LogP contribution in [-0.2, 0) is 32.0 Å². The van der Waals surface area contributed by atoms with E-state index < -0.39 is 18.5 Å². The summed E-state index contributed by atoms with van der Waals surface area (Å²) < 4.78 is 9.79.